The Hall–Kier alpha value is -0.315. The minimum Gasteiger partial charge on any atom is -0.399 e. The first-order valence-electron chi connectivity index (χ1n) is 14.7. The number of unbranched alkanes of at least 4 members (excludes halogenated alkanes) is 12. The molecule has 0 N–H and O–H groups in total. The smallest absolute Gasteiger partial charge is 0.399 e. The largest absolute Gasteiger partial charge is 0.505 e. The van der Waals surface area contributed by atoms with Crippen molar-refractivity contribution >= 4 is 23.2 Å². The van der Waals surface area contributed by atoms with Gasteiger partial charge in [-0.3, -0.25) is 0 Å². The second-order valence-electron chi connectivity index (χ2n) is 11.8. The Morgan fingerprint density at radius 3 is 1.59 bits per heavy atom. The molecule has 1 aromatic heterocycles. The normalized spacial score (nSPS) is 18.0. The van der Waals surface area contributed by atoms with E-state index < -0.39 is 0 Å². The summed E-state index contributed by atoms with van der Waals surface area (Å²) in [6.45, 7) is 13.2. The van der Waals surface area contributed by atoms with Gasteiger partial charge in [-0.1, -0.05) is 123 Å². The highest BCUT2D eigenvalue weighted by Crippen LogP contribution is 2.37. The van der Waals surface area contributed by atoms with E-state index in [0.717, 1.165) is 5.92 Å². The second-order valence-corrected chi connectivity index (χ2v) is 13.0. The summed E-state index contributed by atoms with van der Waals surface area (Å²) in [7, 11) is -0.214. The van der Waals surface area contributed by atoms with Gasteiger partial charge in [0.25, 0.3) is 0 Å². The van der Waals surface area contributed by atoms with Gasteiger partial charge in [-0.2, -0.15) is 0 Å². The lowest BCUT2D eigenvalue weighted by Gasteiger charge is -2.32. The number of thiophene rings is 1. The first-order chi connectivity index (χ1) is 16.3. The van der Waals surface area contributed by atoms with Crippen LogP contribution >= 0.6 is 11.3 Å². The zero-order valence-electron chi connectivity index (χ0n) is 23.6. The third-order valence-electron chi connectivity index (χ3n) is 8.09. The molecule has 0 radical (unpaired) electrons. The minimum atomic E-state index is -0.265. The Morgan fingerprint density at radius 2 is 1.12 bits per heavy atom. The number of hydrogen-bond donors (Lipinski definition) is 0. The van der Waals surface area contributed by atoms with Gasteiger partial charge in [0.1, 0.15) is 0 Å². The standard InChI is InChI=1S/C30H55BO2S/c1-7-9-11-13-15-16-18-20-22-26(21-19-17-14-12-10-8-2)25-27-23-24-28(34-27)31-32-29(3,4)30(5,6)33-31/h23-24,26H,7-22,25H2,1-6H3. The Morgan fingerprint density at radius 1 is 0.676 bits per heavy atom. The molecule has 2 nitrogen and oxygen atoms in total. The maximum atomic E-state index is 6.30. The Labute approximate surface area is 217 Å². The van der Waals surface area contributed by atoms with Crippen molar-refractivity contribution in [3.8, 4) is 0 Å². The molecule has 0 bridgehead atoms. The third-order valence-corrected chi connectivity index (χ3v) is 9.22. The van der Waals surface area contributed by atoms with Crippen molar-refractivity contribution in [1.82, 2.24) is 0 Å². The molecule has 0 amide bonds. The van der Waals surface area contributed by atoms with E-state index in [9.17, 15) is 0 Å². The van der Waals surface area contributed by atoms with E-state index in [1.54, 1.807) is 0 Å². The minimum absolute atomic E-state index is 0.214. The van der Waals surface area contributed by atoms with Crippen LogP contribution in [-0.2, 0) is 15.7 Å². The second kappa shape index (κ2) is 15.7. The van der Waals surface area contributed by atoms with Crippen molar-refractivity contribution in [2.75, 3.05) is 0 Å². The van der Waals surface area contributed by atoms with Crippen LogP contribution in [0, 0.1) is 5.92 Å². The van der Waals surface area contributed by atoms with Crippen molar-refractivity contribution in [3.63, 3.8) is 0 Å². The molecule has 1 unspecified atom stereocenters. The topological polar surface area (TPSA) is 18.5 Å². The molecule has 1 aliphatic rings. The van der Waals surface area contributed by atoms with Gasteiger partial charge in [0.05, 0.1) is 11.2 Å². The van der Waals surface area contributed by atoms with Crippen LogP contribution in [0.3, 0.4) is 0 Å². The van der Waals surface area contributed by atoms with Crippen LogP contribution in [0.2, 0.25) is 0 Å². The first-order valence-corrected chi connectivity index (χ1v) is 15.5. The molecule has 0 spiro atoms. The molecule has 0 aliphatic carbocycles. The van der Waals surface area contributed by atoms with Gasteiger partial charge >= 0.3 is 7.12 Å². The molecule has 196 valence electrons. The van der Waals surface area contributed by atoms with Crippen LogP contribution in [0.1, 0.15) is 149 Å². The van der Waals surface area contributed by atoms with Gasteiger partial charge in [-0.25, -0.2) is 0 Å². The zero-order valence-corrected chi connectivity index (χ0v) is 24.4. The lowest BCUT2D eigenvalue weighted by molar-refractivity contribution is 0.00578. The molecule has 2 rings (SSSR count). The maximum Gasteiger partial charge on any atom is 0.505 e. The summed E-state index contributed by atoms with van der Waals surface area (Å²) < 4.78 is 13.8. The molecular weight excluding hydrogens is 435 g/mol. The molecule has 1 atom stereocenters. The van der Waals surface area contributed by atoms with Gasteiger partial charge in [0, 0.05) is 9.65 Å². The first kappa shape index (κ1) is 29.9. The summed E-state index contributed by atoms with van der Waals surface area (Å²) in [5, 5.41) is 0. The fraction of sp³-hybridized carbons (Fsp3) is 0.867. The van der Waals surface area contributed by atoms with E-state index in [-0.39, 0.29) is 18.3 Å². The SMILES string of the molecule is CCCCCCCCCCC(CCCCCCCC)Cc1ccc(B2OC(C)(C)C(C)(C)O2)s1. The maximum absolute atomic E-state index is 6.30. The van der Waals surface area contributed by atoms with Crippen LogP contribution in [0.5, 0.6) is 0 Å². The molecule has 1 aliphatic heterocycles. The average Bonchev–Trinajstić information content (AvgIpc) is 3.33. The van der Waals surface area contributed by atoms with Gasteiger partial charge in [0.15, 0.2) is 0 Å². The Bertz CT molecular complexity index is 638. The van der Waals surface area contributed by atoms with Crippen molar-refractivity contribution in [1.29, 1.82) is 0 Å². The molecule has 4 heteroatoms. The van der Waals surface area contributed by atoms with Crippen LogP contribution in [0.15, 0.2) is 12.1 Å². The third kappa shape index (κ3) is 10.4. The summed E-state index contributed by atoms with van der Waals surface area (Å²) in [5.74, 6) is 0.830. The molecule has 2 heterocycles. The monoisotopic (exact) mass is 490 g/mol. The average molecular weight is 491 g/mol. The molecule has 1 fully saturated rings. The molecule has 0 saturated carbocycles. The fourth-order valence-corrected chi connectivity index (χ4v) is 6.09. The van der Waals surface area contributed by atoms with Crippen LogP contribution in [-0.4, -0.2) is 18.3 Å². The van der Waals surface area contributed by atoms with Gasteiger partial charge in [-0.05, 0) is 46.1 Å². The van der Waals surface area contributed by atoms with Crippen LogP contribution in [0.4, 0.5) is 0 Å². The fourth-order valence-electron chi connectivity index (χ4n) is 5.00. The molecule has 1 saturated heterocycles. The number of hydrogen-bond acceptors (Lipinski definition) is 3. The summed E-state index contributed by atoms with van der Waals surface area (Å²) in [4.78, 5) is 1.51. The summed E-state index contributed by atoms with van der Waals surface area (Å²) in [6, 6.07) is 4.59. The Kier molecular flexibility index (Phi) is 13.8. The van der Waals surface area contributed by atoms with Gasteiger partial charge in [-0.15, -0.1) is 11.3 Å². The van der Waals surface area contributed by atoms with Crippen molar-refractivity contribution in [3.05, 3.63) is 17.0 Å². The quantitative estimate of drug-likeness (QED) is 0.142. The molecular formula is C30H55BO2S. The Balaban J connectivity index is 1.81. The lowest BCUT2D eigenvalue weighted by Crippen LogP contribution is -2.41. The van der Waals surface area contributed by atoms with Crippen LogP contribution in [0.25, 0.3) is 0 Å². The van der Waals surface area contributed by atoms with Crippen molar-refractivity contribution in [2.45, 2.75) is 162 Å². The summed E-state index contributed by atoms with van der Waals surface area (Å²) >= 11 is 1.92. The zero-order chi connectivity index (χ0) is 24.9. The van der Waals surface area contributed by atoms with Crippen molar-refractivity contribution in [2.24, 2.45) is 5.92 Å². The van der Waals surface area contributed by atoms with Crippen LogP contribution < -0.4 is 4.78 Å². The molecule has 34 heavy (non-hydrogen) atoms. The van der Waals surface area contributed by atoms with Gasteiger partial charge < -0.3 is 9.31 Å². The lowest BCUT2D eigenvalue weighted by atomic mass is 9.88. The van der Waals surface area contributed by atoms with E-state index in [2.05, 4.69) is 53.7 Å². The highest BCUT2D eigenvalue weighted by Gasteiger charge is 2.52. The van der Waals surface area contributed by atoms with E-state index in [4.69, 9.17) is 9.31 Å². The van der Waals surface area contributed by atoms with E-state index in [0.29, 0.717) is 0 Å². The number of rotatable bonds is 19. The highest BCUT2D eigenvalue weighted by atomic mass is 32.1. The predicted molar refractivity (Wildman–Crippen MR) is 152 cm³/mol. The molecule has 1 aromatic rings. The molecule has 0 aromatic carbocycles. The van der Waals surface area contributed by atoms with Gasteiger partial charge in [0.2, 0.25) is 0 Å². The highest BCUT2D eigenvalue weighted by molar-refractivity contribution is 7.22. The van der Waals surface area contributed by atoms with E-state index in [1.807, 2.05) is 11.3 Å². The van der Waals surface area contributed by atoms with Crippen molar-refractivity contribution < 1.29 is 9.31 Å². The predicted octanol–water partition coefficient (Wildman–Crippen LogP) is 9.49. The summed E-state index contributed by atoms with van der Waals surface area (Å²) in [5.41, 5.74) is -0.530. The summed E-state index contributed by atoms with van der Waals surface area (Å²) in [6.07, 6.45) is 23.7. The van der Waals surface area contributed by atoms with E-state index >= 15 is 0 Å². The van der Waals surface area contributed by atoms with E-state index in [1.165, 1.54) is 119 Å².